The van der Waals surface area contributed by atoms with Gasteiger partial charge in [0.2, 0.25) is 0 Å². The molecule has 0 saturated carbocycles. The maximum absolute atomic E-state index is 12.4. The van der Waals surface area contributed by atoms with E-state index in [1.54, 1.807) is 36.4 Å². The van der Waals surface area contributed by atoms with E-state index in [0.29, 0.717) is 16.6 Å². The van der Waals surface area contributed by atoms with Gasteiger partial charge in [-0.1, -0.05) is 46.3 Å². The third-order valence-electron chi connectivity index (χ3n) is 4.05. The first kappa shape index (κ1) is 21.5. The van der Waals surface area contributed by atoms with Crippen LogP contribution in [0.3, 0.4) is 0 Å². The standard InChI is InChI=1S/C22H17BrN2O4S/c23-16-10-11-19(18(12-16)21(27)28)24-22(30)25-20(26)15-8-6-14(7-9-15)13-29-17-4-2-1-3-5-17/h1-12H,13H2,(H,27,28)(H2,24,25,26,30). The molecule has 0 aliphatic rings. The molecule has 0 saturated heterocycles. The Balaban J connectivity index is 1.58. The zero-order valence-corrected chi connectivity index (χ0v) is 18.0. The fraction of sp³-hybridized carbons (Fsp3) is 0.0455. The number of carbonyl (C=O) groups is 2. The van der Waals surface area contributed by atoms with E-state index < -0.39 is 11.9 Å². The number of nitrogens with one attached hydrogen (secondary N) is 2. The fourth-order valence-electron chi connectivity index (χ4n) is 2.57. The van der Waals surface area contributed by atoms with Crippen LogP contribution < -0.4 is 15.4 Å². The summed E-state index contributed by atoms with van der Waals surface area (Å²) in [4.78, 5) is 23.8. The first-order chi connectivity index (χ1) is 14.4. The molecular weight excluding hydrogens is 468 g/mol. The van der Waals surface area contributed by atoms with Crippen LogP contribution in [0.15, 0.2) is 77.3 Å². The van der Waals surface area contributed by atoms with Crippen molar-refractivity contribution < 1.29 is 19.4 Å². The second-order valence-electron chi connectivity index (χ2n) is 6.20. The molecule has 0 radical (unpaired) electrons. The first-order valence-electron chi connectivity index (χ1n) is 8.84. The van der Waals surface area contributed by atoms with Gasteiger partial charge in [0.05, 0.1) is 11.3 Å². The van der Waals surface area contributed by atoms with E-state index in [4.69, 9.17) is 17.0 Å². The van der Waals surface area contributed by atoms with Gasteiger partial charge in [-0.3, -0.25) is 10.1 Å². The van der Waals surface area contributed by atoms with Crippen molar-refractivity contribution in [1.82, 2.24) is 5.32 Å². The van der Waals surface area contributed by atoms with Gasteiger partial charge >= 0.3 is 5.97 Å². The molecule has 0 aliphatic carbocycles. The Morgan fingerprint density at radius 3 is 2.37 bits per heavy atom. The Hall–Kier alpha value is -3.23. The molecule has 152 valence electrons. The molecule has 8 heteroatoms. The van der Waals surface area contributed by atoms with Crippen molar-refractivity contribution in [2.75, 3.05) is 5.32 Å². The van der Waals surface area contributed by atoms with Crippen LogP contribution in [0.25, 0.3) is 0 Å². The lowest BCUT2D eigenvalue weighted by atomic mass is 10.1. The van der Waals surface area contributed by atoms with Gasteiger partial charge in [-0.05, 0) is 60.2 Å². The Bertz CT molecular complexity index is 1070. The maximum atomic E-state index is 12.4. The molecule has 30 heavy (non-hydrogen) atoms. The SMILES string of the molecule is O=C(NC(=S)Nc1ccc(Br)cc1C(=O)O)c1ccc(COc2ccccc2)cc1. The normalized spacial score (nSPS) is 10.2. The topological polar surface area (TPSA) is 87.7 Å². The number of hydrogen-bond acceptors (Lipinski definition) is 4. The number of thiocarbonyl (C=S) groups is 1. The molecule has 3 aromatic carbocycles. The van der Waals surface area contributed by atoms with Crippen LogP contribution in [0.2, 0.25) is 0 Å². The van der Waals surface area contributed by atoms with E-state index in [1.807, 2.05) is 30.3 Å². The smallest absolute Gasteiger partial charge is 0.337 e. The minimum Gasteiger partial charge on any atom is -0.489 e. The molecule has 6 nitrogen and oxygen atoms in total. The number of carboxylic acids is 1. The summed E-state index contributed by atoms with van der Waals surface area (Å²) in [5, 5.41) is 14.6. The lowest BCUT2D eigenvalue weighted by Crippen LogP contribution is -2.34. The number of benzene rings is 3. The Morgan fingerprint density at radius 1 is 1.00 bits per heavy atom. The Kier molecular flexibility index (Phi) is 7.16. The van der Waals surface area contributed by atoms with E-state index in [-0.39, 0.29) is 16.4 Å². The van der Waals surface area contributed by atoms with Gasteiger partial charge in [0.1, 0.15) is 12.4 Å². The van der Waals surface area contributed by atoms with Crippen molar-refractivity contribution in [2.45, 2.75) is 6.61 Å². The van der Waals surface area contributed by atoms with Gasteiger partial charge in [0.15, 0.2) is 5.11 Å². The predicted molar refractivity (Wildman–Crippen MR) is 122 cm³/mol. The molecule has 3 N–H and O–H groups in total. The van der Waals surface area contributed by atoms with Crippen molar-refractivity contribution in [1.29, 1.82) is 0 Å². The second kappa shape index (κ2) is 10.00. The summed E-state index contributed by atoms with van der Waals surface area (Å²) in [7, 11) is 0. The highest BCUT2D eigenvalue weighted by molar-refractivity contribution is 9.10. The van der Waals surface area contributed by atoms with E-state index >= 15 is 0 Å². The Labute approximate surface area is 187 Å². The number of hydrogen-bond donors (Lipinski definition) is 3. The van der Waals surface area contributed by atoms with Crippen LogP contribution in [0.5, 0.6) is 5.75 Å². The zero-order valence-electron chi connectivity index (χ0n) is 15.6. The fourth-order valence-corrected chi connectivity index (χ4v) is 3.13. The van der Waals surface area contributed by atoms with Crippen molar-refractivity contribution in [3.05, 3.63) is 94.0 Å². The summed E-state index contributed by atoms with van der Waals surface area (Å²) in [6.45, 7) is 0.382. The largest absolute Gasteiger partial charge is 0.489 e. The van der Waals surface area contributed by atoms with Crippen LogP contribution in [-0.4, -0.2) is 22.1 Å². The molecule has 3 aromatic rings. The monoisotopic (exact) mass is 484 g/mol. The van der Waals surface area contributed by atoms with Gasteiger partial charge in [-0.25, -0.2) is 4.79 Å². The number of amides is 1. The highest BCUT2D eigenvalue weighted by Gasteiger charge is 2.13. The van der Waals surface area contributed by atoms with E-state index in [9.17, 15) is 14.7 Å². The number of ether oxygens (including phenoxy) is 1. The van der Waals surface area contributed by atoms with Crippen LogP contribution >= 0.6 is 28.1 Å². The van der Waals surface area contributed by atoms with Crippen molar-refractivity contribution in [2.24, 2.45) is 0 Å². The molecular formula is C22H17BrN2O4S. The molecule has 3 rings (SSSR count). The van der Waals surface area contributed by atoms with Crippen LogP contribution in [0.4, 0.5) is 5.69 Å². The van der Waals surface area contributed by atoms with E-state index in [0.717, 1.165) is 11.3 Å². The summed E-state index contributed by atoms with van der Waals surface area (Å²) >= 11 is 8.37. The molecule has 0 aliphatic heterocycles. The highest BCUT2D eigenvalue weighted by Crippen LogP contribution is 2.21. The summed E-state index contributed by atoms with van der Waals surface area (Å²) in [6.07, 6.45) is 0. The van der Waals surface area contributed by atoms with Gasteiger partial charge in [0.25, 0.3) is 5.91 Å². The molecule has 0 fully saturated rings. The molecule has 1 amide bonds. The zero-order chi connectivity index (χ0) is 21.5. The number of rotatable bonds is 6. The average molecular weight is 485 g/mol. The summed E-state index contributed by atoms with van der Waals surface area (Å²) in [5.41, 5.74) is 1.64. The van der Waals surface area contributed by atoms with Crippen LogP contribution in [-0.2, 0) is 6.61 Å². The second-order valence-corrected chi connectivity index (χ2v) is 7.53. The molecule has 0 aromatic heterocycles. The quantitative estimate of drug-likeness (QED) is 0.433. The number of anilines is 1. The molecule has 0 unspecified atom stereocenters. The van der Waals surface area contributed by atoms with Gasteiger partial charge in [-0.2, -0.15) is 0 Å². The third-order valence-corrected chi connectivity index (χ3v) is 4.75. The van der Waals surface area contributed by atoms with Gasteiger partial charge < -0.3 is 15.2 Å². The predicted octanol–water partition coefficient (Wildman–Crippen LogP) is 4.85. The Morgan fingerprint density at radius 2 is 1.70 bits per heavy atom. The van der Waals surface area contributed by atoms with Crippen molar-refractivity contribution >= 4 is 50.8 Å². The summed E-state index contributed by atoms with van der Waals surface area (Å²) in [5.74, 6) is -0.748. The molecule has 0 atom stereocenters. The van der Waals surface area contributed by atoms with Crippen LogP contribution in [0.1, 0.15) is 26.3 Å². The maximum Gasteiger partial charge on any atom is 0.337 e. The molecule has 0 spiro atoms. The molecule has 0 bridgehead atoms. The van der Waals surface area contributed by atoms with Gasteiger partial charge in [0, 0.05) is 10.0 Å². The summed E-state index contributed by atoms with van der Waals surface area (Å²) < 4.78 is 6.30. The first-order valence-corrected chi connectivity index (χ1v) is 10.0. The van der Waals surface area contributed by atoms with Crippen LogP contribution in [0, 0.1) is 0 Å². The van der Waals surface area contributed by atoms with Crippen molar-refractivity contribution in [3.8, 4) is 5.75 Å². The number of carbonyl (C=O) groups excluding carboxylic acids is 1. The number of halogens is 1. The lowest BCUT2D eigenvalue weighted by molar-refractivity contribution is 0.0697. The van der Waals surface area contributed by atoms with E-state index in [2.05, 4.69) is 26.6 Å². The number of aromatic carboxylic acids is 1. The third kappa shape index (κ3) is 5.88. The minimum atomic E-state index is -1.11. The number of carboxylic acid groups (broad SMARTS) is 1. The summed E-state index contributed by atoms with van der Waals surface area (Å²) in [6, 6.07) is 21.1. The van der Waals surface area contributed by atoms with Crippen molar-refractivity contribution in [3.63, 3.8) is 0 Å². The average Bonchev–Trinajstić information content (AvgIpc) is 2.74. The highest BCUT2D eigenvalue weighted by atomic mass is 79.9. The number of para-hydroxylation sites is 1. The van der Waals surface area contributed by atoms with E-state index in [1.165, 1.54) is 6.07 Å². The molecule has 0 heterocycles. The van der Waals surface area contributed by atoms with Gasteiger partial charge in [-0.15, -0.1) is 0 Å². The minimum absolute atomic E-state index is 0.00121. The lowest BCUT2D eigenvalue weighted by Gasteiger charge is -2.12.